The Bertz CT molecular complexity index is 3730. The molecule has 1 aliphatic rings. The van der Waals surface area contributed by atoms with Crippen LogP contribution in [0.2, 0.25) is 0 Å². The van der Waals surface area contributed by atoms with Crippen LogP contribution >= 0.6 is 0 Å². The van der Waals surface area contributed by atoms with Crippen molar-refractivity contribution in [2.75, 3.05) is 4.90 Å². The Morgan fingerprint density at radius 2 is 0.887 bits per heavy atom. The summed E-state index contributed by atoms with van der Waals surface area (Å²) in [5.74, 6) is 0. The van der Waals surface area contributed by atoms with Crippen LogP contribution < -0.4 is 4.90 Å². The van der Waals surface area contributed by atoms with Crippen LogP contribution in [-0.2, 0) is 6.42 Å². The number of benzene rings is 10. The van der Waals surface area contributed by atoms with Crippen LogP contribution in [0.1, 0.15) is 83.0 Å². The zero-order valence-electron chi connectivity index (χ0n) is 48.6. The lowest BCUT2D eigenvalue weighted by Gasteiger charge is -2.31. The van der Waals surface area contributed by atoms with Crippen molar-refractivity contribution in [1.82, 2.24) is 4.57 Å². The Labute approximate surface area is 478 Å². The second-order valence-electron chi connectivity index (χ2n) is 20.3. The molecule has 0 saturated carbocycles. The smallest absolute Gasteiger partial charge is 0.0662 e. The van der Waals surface area contributed by atoms with E-state index in [9.17, 15) is 0 Å². The third-order valence-corrected chi connectivity index (χ3v) is 14.4. The molecule has 0 bridgehead atoms. The van der Waals surface area contributed by atoms with Gasteiger partial charge in [-0.05, 0) is 173 Å². The van der Waals surface area contributed by atoms with Crippen molar-refractivity contribution in [3.63, 3.8) is 0 Å². The molecule has 0 fully saturated rings. The predicted molar refractivity (Wildman–Crippen MR) is 348 cm³/mol. The molecule has 10 aromatic carbocycles. The molecule has 0 atom stereocenters. The number of aromatic nitrogens is 1. The summed E-state index contributed by atoms with van der Waals surface area (Å²) in [5.41, 5.74) is 26.0. The molecule has 1 aromatic heterocycles. The highest BCUT2D eigenvalue weighted by atomic mass is 15.2. The third-order valence-electron chi connectivity index (χ3n) is 14.4. The number of rotatable bonds is 8. The van der Waals surface area contributed by atoms with Gasteiger partial charge in [0.1, 0.15) is 0 Å². The molecular weight excluding hydrogens is 967 g/mol. The fourth-order valence-electron chi connectivity index (χ4n) is 10.3. The minimum absolute atomic E-state index is 0.933. The van der Waals surface area contributed by atoms with Gasteiger partial charge in [-0.3, -0.25) is 4.99 Å². The van der Waals surface area contributed by atoms with Crippen molar-refractivity contribution in [1.29, 1.82) is 0 Å². The van der Waals surface area contributed by atoms with E-state index < -0.39 is 0 Å². The second-order valence-corrected chi connectivity index (χ2v) is 20.3. The molecule has 0 amide bonds. The van der Waals surface area contributed by atoms with Crippen molar-refractivity contribution < 1.29 is 0 Å². The van der Waals surface area contributed by atoms with Gasteiger partial charge in [-0.25, -0.2) is 0 Å². The SMILES string of the molecule is CC.CC(=Nc1ccccc1C)c1cc(C)ccc1-c1ccc(N(C2=Cc3c(n(-c4ccccc4)c4ccccc34)CC2)c2ccccc2)cc1C.Cc1ccccc1.Cc1ccccc1.Cc1ccccc1-c1ccccc1C. The second kappa shape index (κ2) is 28.0. The summed E-state index contributed by atoms with van der Waals surface area (Å²) in [6.07, 6.45) is 4.32. The van der Waals surface area contributed by atoms with Crippen LogP contribution in [0.3, 0.4) is 0 Å². The molecule has 1 aliphatic carbocycles. The molecule has 0 saturated heterocycles. The molecule has 3 heteroatoms. The highest BCUT2D eigenvalue weighted by Gasteiger charge is 2.25. The average molecular weight is 1040 g/mol. The normalized spacial score (nSPS) is 11.4. The number of nitrogens with zero attached hydrogens (tertiary/aromatic N) is 3. The van der Waals surface area contributed by atoms with Gasteiger partial charge in [0.2, 0.25) is 0 Å². The van der Waals surface area contributed by atoms with Crippen molar-refractivity contribution in [3.8, 4) is 27.9 Å². The maximum Gasteiger partial charge on any atom is 0.0662 e. The molecule has 0 unspecified atom stereocenters. The Kier molecular flexibility index (Phi) is 20.0. The van der Waals surface area contributed by atoms with E-state index in [4.69, 9.17) is 4.99 Å². The molecular formula is C77H77N3. The zero-order chi connectivity index (χ0) is 56.4. The van der Waals surface area contributed by atoms with Gasteiger partial charge >= 0.3 is 0 Å². The summed E-state index contributed by atoms with van der Waals surface area (Å²) >= 11 is 0. The van der Waals surface area contributed by atoms with Crippen molar-refractivity contribution in [2.45, 2.75) is 82.1 Å². The van der Waals surface area contributed by atoms with Crippen LogP contribution in [-0.4, -0.2) is 10.3 Å². The molecule has 0 radical (unpaired) electrons. The first kappa shape index (κ1) is 57.1. The molecule has 1 heterocycles. The van der Waals surface area contributed by atoms with Crippen LogP contribution in [0.25, 0.3) is 44.9 Å². The van der Waals surface area contributed by atoms with Crippen LogP contribution in [0.5, 0.6) is 0 Å². The van der Waals surface area contributed by atoms with Crippen molar-refractivity contribution in [3.05, 3.63) is 316 Å². The average Bonchev–Trinajstić information content (AvgIpc) is 3.97. The minimum Gasteiger partial charge on any atom is -0.314 e. The largest absolute Gasteiger partial charge is 0.314 e. The fourth-order valence-corrected chi connectivity index (χ4v) is 10.3. The first-order valence-corrected chi connectivity index (χ1v) is 28.3. The molecule has 11 aromatic rings. The maximum atomic E-state index is 5.09. The van der Waals surface area contributed by atoms with Gasteiger partial charge in [-0.2, -0.15) is 0 Å². The van der Waals surface area contributed by atoms with E-state index in [1.165, 1.54) is 106 Å². The van der Waals surface area contributed by atoms with E-state index in [1.807, 2.05) is 50.2 Å². The van der Waals surface area contributed by atoms with Gasteiger partial charge < -0.3 is 9.47 Å². The van der Waals surface area contributed by atoms with Crippen LogP contribution in [0, 0.1) is 48.5 Å². The third kappa shape index (κ3) is 14.2. The van der Waals surface area contributed by atoms with Crippen LogP contribution in [0.4, 0.5) is 17.1 Å². The number of aliphatic imine (C=N–C) groups is 1. The molecule has 0 aliphatic heterocycles. The molecule has 0 spiro atoms. The minimum atomic E-state index is 0.933. The summed E-state index contributed by atoms with van der Waals surface area (Å²) in [5, 5.41) is 1.29. The van der Waals surface area contributed by atoms with E-state index in [2.05, 4.69) is 289 Å². The highest BCUT2D eigenvalue weighted by molar-refractivity contribution is 6.06. The van der Waals surface area contributed by atoms with E-state index >= 15 is 0 Å². The zero-order valence-corrected chi connectivity index (χ0v) is 48.6. The Morgan fingerprint density at radius 3 is 1.44 bits per heavy atom. The number of allylic oxidation sites excluding steroid dienone is 1. The number of anilines is 2. The van der Waals surface area contributed by atoms with Gasteiger partial charge in [0, 0.05) is 50.7 Å². The topological polar surface area (TPSA) is 20.5 Å². The first-order chi connectivity index (χ1) is 39.0. The lowest BCUT2D eigenvalue weighted by atomic mass is 9.92. The summed E-state index contributed by atoms with van der Waals surface area (Å²) in [6.45, 7) is 21.1. The Hall–Kier alpha value is -9.05. The highest BCUT2D eigenvalue weighted by Crippen LogP contribution is 2.42. The quantitative estimate of drug-likeness (QED) is 0.139. The standard InChI is InChI=1S/C47H41N3.C14H14.2C7H8.C2H6/c1-32-23-26-41(43(29-32)35(4)48-45-21-13-11-15-33(45)2)40-27-24-38(30-34(40)3)49(36-16-7-5-8-17-36)39-25-28-47-44(31-39)42-20-12-14-22-46(42)50(47)37-18-9-6-10-19-37;1-11-7-3-5-9-13(11)14-10-6-4-8-12(14)2;2*1-7-5-3-2-4-6-7;1-2/h5-24,26-27,29-31H,25,28H2,1-4H3;3-10H,1-2H3;2*2-6H,1H3;1-2H3. The first-order valence-electron chi connectivity index (χ1n) is 28.3. The number of hydrogen-bond acceptors (Lipinski definition) is 2. The number of fused-ring (bicyclic) bond motifs is 3. The summed E-state index contributed by atoms with van der Waals surface area (Å²) in [7, 11) is 0. The van der Waals surface area contributed by atoms with Gasteiger partial charge in [0.25, 0.3) is 0 Å². The monoisotopic (exact) mass is 1040 g/mol. The molecule has 400 valence electrons. The summed E-state index contributed by atoms with van der Waals surface area (Å²) in [4.78, 5) is 7.55. The maximum absolute atomic E-state index is 5.09. The van der Waals surface area contributed by atoms with E-state index in [-0.39, 0.29) is 0 Å². The Morgan fingerprint density at radius 1 is 0.400 bits per heavy atom. The van der Waals surface area contributed by atoms with Gasteiger partial charge in [0.15, 0.2) is 0 Å². The van der Waals surface area contributed by atoms with Gasteiger partial charge in [-0.1, -0.05) is 231 Å². The lowest BCUT2D eigenvalue weighted by Crippen LogP contribution is -2.19. The molecule has 3 nitrogen and oxygen atoms in total. The lowest BCUT2D eigenvalue weighted by molar-refractivity contribution is 0.838. The number of hydrogen-bond donors (Lipinski definition) is 0. The molecule has 80 heavy (non-hydrogen) atoms. The van der Waals surface area contributed by atoms with E-state index in [0.29, 0.717) is 0 Å². The summed E-state index contributed by atoms with van der Waals surface area (Å²) < 4.78 is 2.45. The number of para-hydroxylation sites is 4. The Balaban J connectivity index is 0.000000225. The number of aryl methyl sites for hydroxylation is 7. The van der Waals surface area contributed by atoms with E-state index in [0.717, 1.165) is 29.9 Å². The van der Waals surface area contributed by atoms with Gasteiger partial charge in [-0.15, -0.1) is 0 Å². The predicted octanol–water partition coefficient (Wildman–Crippen LogP) is 21.5. The van der Waals surface area contributed by atoms with Crippen molar-refractivity contribution in [2.24, 2.45) is 4.99 Å². The molecule has 0 N–H and O–H groups in total. The molecule has 12 rings (SSSR count). The fraction of sp³-hybridized carbons (Fsp3) is 0.156. The van der Waals surface area contributed by atoms with Crippen LogP contribution in [0.15, 0.2) is 265 Å². The van der Waals surface area contributed by atoms with Crippen molar-refractivity contribution >= 4 is 39.8 Å². The summed E-state index contributed by atoms with van der Waals surface area (Å²) in [6, 6.07) is 89.9. The van der Waals surface area contributed by atoms with Gasteiger partial charge in [0.05, 0.1) is 11.2 Å². The van der Waals surface area contributed by atoms with E-state index in [1.54, 1.807) is 0 Å².